The summed E-state index contributed by atoms with van der Waals surface area (Å²) < 4.78 is 0. The van der Waals surface area contributed by atoms with Crippen molar-refractivity contribution >= 4 is 5.91 Å². The lowest BCUT2D eigenvalue weighted by Gasteiger charge is -2.30. The highest BCUT2D eigenvalue weighted by molar-refractivity contribution is 5.82. The molecular weight excluding hydrogens is 250 g/mol. The van der Waals surface area contributed by atoms with Gasteiger partial charge in [0, 0.05) is 18.1 Å². The van der Waals surface area contributed by atoms with Crippen LogP contribution in [0.15, 0.2) is 0 Å². The van der Waals surface area contributed by atoms with E-state index in [0.717, 1.165) is 19.4 Å². The summed E-state index contributed by atoms with van der Waals surface area (Å²) in [7, 11) is 4.14. The standard InChI is InChI=1S/C16H35N3O/c1-9-16(5,6)18-15(20)13(4)17-14(10-12(2)3)11-19(7)8/h12-14,17H,9-11H2,1-8H3,(H,18,20). The van der Waals surface area contributed by atoms with Gasteiger partial charge in [-0.1, -0.05) is 20.8 Å². The van der Waals surface area contributed by atoms with Gasteiger partial charge in [-0.3, -0.25) is 4.79 Å². The van der Waals surface area contributed by atoms with Crippen LogP contribution < -0.4 is 10.6 Å². The highest BCUT2D eigenvalue weighted by Gasteiger charge is 2.24. The number of hydrogen-bond donors (Lipinski definition) is 2. The normalized spacial score (nSPS) is 15.5. The predicted molar refractivity (Wildman–Crippen MR) is 86.9 cm³/mol. The lowest BCUT2D eigenvalue weighted by Crippen LogP contribution is -2.54. The van der Waals surface area contributed by atoms with Crippen molar-refractivity contribution in [2.75, 3.05) is 20.6 Å². The smallest absolute Gasteiger partial charge is 0.237 e. The van der Waals surface area contributed by atoms with Gasteiger partial charge in [-0.2, -0.15) is 0 Å². The number of hydrogen-bond acceptors (Lipinski definition) is 3. The Balaban J connectivity index is 4.50. The molecule has 0 rings (SSSR count). The Morgan fingerprint density at radius 1 is 1.20 bits per heavy atom. The predicted octanol–water partition coefficient (Wildman–Crippen LogP) is 2.25. The molecule has 0 radical (unpaired) electrons. The van der Waals surface area contributed by atoms with E-state index in [1.54, 1.807) is 0 Å². The van der Waals surface area contributed by atoms with Crippen LogP contribution in [-0.4, -0.2) is 49.1 Å². The van der Waals surface area contributed by atoms with Gasteiger partial charge in [0.1, 0.15) is 0 Å². The summed E-state index contributed by atoms with van der Waals surface area (Å²) in [6.07, 6.45) is 2.01. The second kappa shape index (κ2) is 8.63. The molecule has 4 heteroatoms. The summed E-state index contributed by atoms with van der Waals surface area (Å²) in [4.78, 5) is 14.4. The Hall–Kier alpha value is -0.610. The summed E-state index contributed by atoms with van der Waals surface area (Å²) in [5.74, 6) is 0.708. The zero-order chi connectivity index (χ0) is 15.9. The Morgan fingerprint density at radius 2 is 1.75 bits per heavy atom. The molecule has 0 saturated heterocycles. The van der Waals surface area contributed by atoms with Crippen LogP contribution in [0.3, 0.4) is 0 Å². The number of rotatable bonds is 9. The summed E-state index contributed by atoms with van der Waals surface area (Å²) in [6.45, 7) is 13.5. The molecule has 0 aliphatic heterocycles. The van der Waals surface area contributed by atoms with Crippen molar-refractivity contribution in [2.24, 2.45) is 5.92 Å². The maximum Gasteiger partial charge on any atom is 0.237 e. The lowest BCUT2D eigenvalue weighted by atomic mass is 10.0. The van der Waals surface area contributed by atoms with E-state index in [-0.39, 0.29) is 17.5 Å². The molecule has 2 unspecified atom stereocenters. The number of carbonyl (C=O) groups excluding carboxylic acids is 1. The first kappa shape index (κ1) is 19.4. The Morgan fingerprint density at radius 3 is 2.15 bits per heavy atom. The van der Waals surface area contributed by atoms with Crippen LogP contribution in [0.25, 0.3) is 0 Å². The highest BCUT2D eigenvalue weighted by Crippen LogP contribution is 2.09. The van der Waals surface area contributed by atoms with Crippen LogP contribution in [0.1, 0.15) is 54.4 Å². The molecule has 4 nitrogen and oxygen atoms in total. The third kappa shape index (κ3) is 8.54. The SMILES string of the molecule is CCC(C)(C)NC(=O)C(C)NC(CC(C)C)CN(C)C. The summed E-state index contributed by atoms with van der Waals surface area (Å²) in [5.41, 5.74) is -0.137. The summed E-state index contributed by atoms with van der Waals surface area (Å²) in [5, 5.41) is 6.58. The summed E-state index contributed by atoms with van der Waals surface area (Å²) >= 11 is 0. The van der Waals surface area contributed by atoms with Gasteiger partial charge in [-0.25, -0.2) is 0 Å². The fourth-order valence-corrected chi connectivity index (χ4v) is 2.16. The van der Waals surface area contributed by atoms with E-state index in [1.807, 2.05) is 6.92 Å². The van der Waals surface area contributed by atoms with Crippen molar-refractivity contribution in [2.45, 2.75) is 72.0 Å². The Labute approximate surface area is 125 Å². The molecule has 0 aromatic rings. The van der Waals surface area contributed by atoms with Gasteiger partial charge in [0.25, 0.3) is 0 Å². The van der Waals surface area contributed by atoms with Crippen LogP contribution in [-0.2, 0) is 4.79 Å². The second-order valence-corrected chi connectivity index (χ2v) is 7.20. The van der Waals surface area contributed by atoms with Gasteiger partial charge in [0.15, 0.2) is 0 Å². The molecule has 2 atom stereocenters. The molecule has 120 valence electrons. The van der Waals surface area contributed by atoms with Crippen LogP contribution in [0.5, 0.6) is 0 Å². The van der Waals surface area contributed by atoms with E-state index in [9.17, 15) is 4.79 Å². The minimum absolute atomic E-state index is 0.0874. The molecule has 20 heavy (non-hydrogen) atoms. The number of carbonyl (C=O) groups is 1. The van der Waals surface area contributed by atoms with Crippen molar-refractivity contribution in [3.05, 3.63) is 0 Å². The first-order valence-electron chi connectivity index (χ1n) is 7.80. The zero-order valence-electron chi connectivity index (χ0n) is 14.7. The molecule has 0 fully saturated rings. The molecule has 2 N–H and O–H groups in total. The average molecular weight is 285 g/mol. The number of likely N-dealkylation sites (N-methyl/N-ethyl adjacent to an activating group) is 1. The fourth-order valence-electron chi connectivity index (χ4n) is 2.16. The highest BCUT2D eigenvalue weighted by atomic mass is 16.2. The van der Waals surface area contributed by atoms with Crippen molar-refractivity contribution in [1.82, 2.24) is 15.5 Å². The van der Waals surface area contributed by atoms with E-state index in [1.165, 1.54) is 0 Å². The lowest BCUT2D eigenvalue weighted by molar-refractivity contribution is -0.124. The quantitative estimate of drug-likeness (QED) is 0.683. The topological polar surface area (TPSA) is 44.4 Å². The van der Waals surface area contributed by atoms with Crippen molar-refractivity contribution in [3.8, 4) is 0 Å². The van der Waals surface area contributed by atoms with E-state index in [2.05, 4.69) is 64.2 Å². The largest absolute Gasteiger partial charge is 0.350 e. The maximum atomic E-state index is 12.2. The molecule has 0 saturated carbocycles. The van der Waals surface area contributed by atoms with Crippen molar-refractivity contribution in [3.63, 3.8) is 0 Å². The number of nitrogens with zero attached hydrogens (tertiary/aromatic N) is 1. The third-order valence-corrected chi connectivity index (χ3v) is 3.57. The van der Waals surface area contributed by atoms with Gasteiger partial charge < -0.3 is 15.5 Å². The monoisotopic (exact) mass is 285 g/mol. The molecule has 0 spiro atoms. The summed E-state index contributed by atoms with van der Waals surface area (Å²) in [6, 6.07) is 0.181. The van der Waals surface area contributed by atoms with Crippen molar-refractivity contribution < 1.29 is 4.79 Å². The van der Waals surface area contributed by atoms with E-state index >= 15 is 0 Å². The van der Waals surface area contributed by atoms with Crippen molar-refractivity contribution in [1.29, 1.82) is 0 Å². The van der Waals surface area contributed by atoms with Gasteiger partial charge in [-0.15, -0.1) is 0 Å². The first-order chi connectivity index (χ1) is 9.07. The van der Waals surface area contributed by atoms with E-state index in [0.29, 0.717) is 12.0 Å². The molecule has 0 aromatic carbocycles. The van der Waals surface area contributed by atoms with Gasteiger partial charge in [0.05, 0.1) is 6.04 Å². The van der Waals surface area contributed by atoms with Gasteiger partial charge in [0.2, 0.25) is 5.91 Å². The first-order valence-corrected chi connectivity index (χ1v) is 7.80. The van der Waals surface area contributed by atoms with Crippen LogP contribution in [0, 0.1) is 5.92 Å². The Kier molecular flexibility index (Phi) is 8.36. The van der Waals surface area contributed by atoms with E-state index in [4.69, 9.17) is 0 Å². The maximum absolute atomic E-state index is 12.2. The zero-order valence-corrected chi connectivity index (χ0v) is 14.7. The second-order valence-electron chi connectivity index (χ2n) is 7.20. The number of nitrogens with one attached hydrogen (secondary N) is 2. The third-order valence-electron chi connectivity index (χ3n) is 3.57. The Bertz CT molecular complexity index is 277. The number of amides is 1. The average Bonchev–Trinajstić information content (AvgIpc) is 2.26. The van der Waals surface area contributed by atoms with Gasteiger partial charge in [-0.05, 0) is 53.6 Å². The molecule has 0 aliphatic carbocycles. The van der Waals surface area contributed by atoms with Gasteiger partial charge >= 0.3 is 0 Å². The molecule has 0 bridgehead atoms. The van der Waals surface area contributed by atoms with Crippen LogP contribution in [0.4, 0.5) is 0 Å². The van der Waals surface area contributed by atoms with Crippen LogP contribution in [0.2, 0.25) is 0 Å². The molecule has 0 aliphatic rings. The minimum Gasteiger partial charge on any atom is -0.350 e. The fraction of sp³-hybridized carbons (Fsp3) is 0.938. The molecular formula is C16H35N3O. The molecule has 0 aromatic heterocycles. The van der Waals surface area contributed by atoms with Crippen LogP contribution >= 0.6 is 0 Å². The minimum atomic E-state index is -0.162. The van der Waals surface area contributed by atoms with E-state index < -0.39 is 0 Å². The molecule has 1 amide bonds. The molecule has 0 heterocycles.